The highest BCUT2D eigenvalue weighted by atomic mass is 79.9. The van der Waals surface area contributed by atoms with E-state index in [1.54, 1.807) is 12.1 Å². The molecule has 3 heterocycles. The standard InChI is InChI=1S/C21H26BrN3O3/c1-24-8-2-3-15-13-16(4-5-17(15)24)18(25-9-11-27-12-10-25)14-23-21(26)19-6-7-20(22)28-19/h4-7,13,18H,2-3,8-12,14H2,1H3,(H,23,26). The van der Waals surface area contributed by atoms with Crippen LogP contribution in [0.4, 0.5) is 5.69 Å². The van der Waals surface area contributed by atoms with E-state index in [4.69, 9.17) is 9.15 Å². The number of furan rings is 1. The molecule has 1 aromatic heterocycles. The summed E-state index contributed by atoms with van der Waals surface area (Å²) in [5.41, 5.74) is 3.96. The smallest absolute Gasteiger partial charge is 0.287 e. The molecular formula is C21H26BrN3O3. The van der Waals surface area contributed by atoms with Crippen LogP contribution in [0.15, 0.2) is 39.4 Å². The van der Waals surface area contributed by atoms with Gasteiger partial charge in [0, 0.05) is 38.9 Å². The van der Waals surface area contributed by atoms with E-state index in [0.29, 0.717) is 17.0 Å². The fraction of sp³-hybridized carbons (Fsp3) is 0.476. The van der Waals surface area contributed by atoms with Crippen LogP contribution in [0.5, 0.6) is 0 Å². The van der Waals surface area contributed by atoms with Crippen LogP contribution < -0.4 is 10.2 Å². The summed E-state index contributed by atoms with van der Waals surface area (Å²) in [6, 6.07) is 10.3. The van der Waals surface area contributed by atoms with E-state index in [9.17, 15) is 4.79 Å². The number of rotatable bonds is 5. The topological polar surface area (TPSA) is 58.0 Å². The Labute approximate surface area is 173 Å². The zero-order chi connectivity index (χ0) is 19.5. The summed E-state index contributed by atoms with van der Waals surface area (Å²) in [5.74, 6) is 0.126. The van der Waals surface area contributed by atoms with Crippen molar-refractivity contribution in [2.24, 2.45) is 0 Å². The second kappa shape index (κ2) is 8.68. The van der Waals surface area contributed by atoms with Gasteiger partial charge >= 0.3 is 0 Å². The molecule has 1 atom stereocenters. The Morgan fingerprint density at radius 2 is 2.04 bits per heavy atom. The van der Waals surface area contributed by atoms with E-state index in [1.807, 2.05) is 0 Å². The molecule has 0 bridgehead atoms. The molecule has 1 amide bonds. The monoisotopic (exact) mass is 447 g/mol. The first-order valence-corrected chi connectivity index (χ1v) is 10.6. The van der Waals surface area contributed by atoms with Gasteiger partial charge in [-0.3, -0.25) is 9.69 Å². The second-order valence-electron chi connectivity index (χ2n) is 7.39. The SMILES string of the molecule is CN1CCCc2cc(C(CNC(=O)c3ccc(Br)o3)N3CCOCC3)ccc21. The van der Waals surface area contributed by atoms with Crippen molar-refractivity contribution in [1.29, 1.82) is 0 Å². The fourth-order valence-corrected chi connectivity index (χ4v) is 4.38. The summed E-state index contributed by atoms with van der Waals surface area (Å²) in [5, 5.41) is 3.05. The van der Waals surface area contributed by atoms with Gasteiger partial charge in [-0.2, -0.15) is 0 Å². The number of carbonyl (C=O) groups excluding carboxylic acids is 1. The molecule has 1 aromatic carbocycles. The first-order chi connectivity index (χ1) is 13.6. The van der Waals surface area contributed by atoms with Crippen molar-refractivity contribution < 1.29 is 13.9 Å². The highest BCUT2D eigenvalue weighted by molar-refractivity contribution is 9.10. The van der Waals surface area contributed by atoms with Crippen LogP contribution in [0, 0.1) is 0 Å². The third kappa shape index (κ3) is 4.26. The summed E-state index contributed by atoms with van der Waals surface area (Å²) in [6.07, 6.45) is 2.29. The second-order valence-corrected chi connectivity index (χ2v) is 8.17. The predicted molar refractivity (Wildman–Crippen MR) is 112 cm³/mol. The number of nitrogens with zero attached hydrogens (tertiary/aromatic N) is 2. The van der Waals surface area contributed by atoms with Crippen LogP contribution in [0.2, 0.25) is 0 Å². The van der Waals surface area contributed by atoms with Crippen molar-refractivity contribution in [3.8, 4) is 0 Å². The zero-order valence-corrected chi connectivity index (χ0v) is 17.7. The molecule has 0 aliphatic carbocycles. The molecular weight excluding hydrogens is 422 g/mol. The quantitative estimate of drug-likeness (QED) is 0.762. The molecule has 0 radical (unpaired) electrons. The predicted octanol–water partition coefficient (Wildman–Crippen LogP) is 3.23. The van der Waals surface area contributed by atoms with E-state index >= 15 is 0 Å². The van der Waals surface area contributed by atoms with Crippen molar-refractivity contribution in [3.05, 3.63) is 51.9 Å². The number of hydrogen-bond acceptors (Lipinski definition) is 5. The maximum absolute atomic E-state index is 12.5. The minimum atomic E-state index is -0.193. The molecule has 150 valence electrons. The Bertz CT molecular complexity index is 832. The lowest BCUT2D eigenvalue weighted by atomic mass is 9.95. The molecule has 2 aliphatic rings. The normalized spacial score (nSPS) is 18.6. The highest BCUT2D eigenvalue weighted by Crippen LogP contribution is 2.31. The van der Waals surface area contributed by atoms with Crippen LogP contribution in [0.25, 0.3) is 0 Å². The Hall–Kier alpha value is -1.83. The van der Waals surface area contributed by atoms with Gasteiger partial charge in [-0.15, -0.1) is 0 Å². The Morgan fingerprint density at radius 1 is 1.21 bits per heavy atom. The molecule has 0 spiro atoms. The van der Waals surface area contributed by atoms with Gasteiger partial charge in [-0.1, -0.05) is 12.1 Å². The van der Waals surface area contributed by atoms with Gasteiger partial charge in [0.05, 0.1) is 19.3 Å². The zero-order valence-electron chi connectivity index (χ0n) is 16.1. The number of ether oxygens (including phenoxy) is 1. The number of carbonyl (C=O) groups is 1. The van der Waals surface area contributed by atoms with E-state index < -0.39 is 0 Å². The van der Waals surface area contributed by atoms with Gasteiger partial charge in [-0.05, 0) is 58.1 Å². The van der Waals surface area contributed by atoms with Crippen molar-refractivity contribution in [2.45, 2.75) is 18.9 Å². The van der Waals surface area contributed by atoms with Crippen LogP contribution in [0.3, 0.4) is 0 Å². The summed E-state index contributed by atoms with van der Waals surface area (Å²) >= 11 is 3.25. The first-order valence-electron chi connectivity index (χ1n) is 9.81. The van der Waals surface area contributed by atoms with Crippen molar-refractivity contribution >= 4 is 27.5 Å². The molecule has 0 saturated carbocycles. The number of anilines is 1. The molecule has 7 heteroatoms. The maximum atomic E-state index is 12.5. The molecule has 28 heavy (non-hydrogen) atoms. The number of morpholine rings is 1. The lowest BCUT2D eigenvalue weighted by Crippen LogP contribution is -2.43. The Balaban J connectivity index is 1.54. The Kier molecular flexibility index (Phi) is 6.04. The number of benzene rings is 1. The van der Waals surface area contributed by atoms with Gasteiger partial charge in [0.2, 0.25) is 0 Å². The number of fused-ring (bicyclic) bond motifs is 1. The van der Waals surface area contributed by atoms with Crippen LogP contribution in [0.1, 0.15) is 34.1 Å². The van der Waals surface area contributed by atoms with Gasteiger partial charge in [0.25, 0.3) is 5.91 Å². The molecule has 1 fully saturated rings. The van der Waals surface area contributed by atoms with Gasteiger partial charge in [0.15, 0.2) is 10.4 Å². The average Bonchev–Trinajstić information content (AvgIpc) is 3.15. The molecule has 2 aromatic rings. The summed E-state index contributed by atoms with van der Waals surface area (Å²) in [4.78, 5) is 17.2. The fourth-order valence-electron chi connectivity index (χ4n) is 4.07. The third-order valence-electron chi connectivity index (χ3n) is 5.58. The first kappa shape index (κ1) is 19.5. The number of halogens is 1. The van der Waals surface area contributed by atoms with E-state index in [1.165, 1.54) is 23.2 Å². The molecule has 4 rings (SSSR count). The Morgan fingerprint density at radius 3 is 2.79 bits per heavy atom. The molecule has 2 aliphatic heterocycles. The molecule has 1 saturated heterocycles. The van der Waals surface area contributed by atoms with Crippen molar-refractivity contribution in [2.75, 3.05) is 51.3 Å². The average molecular weight is 448 g/mol. The number of hydrogen-bond donors (Lipinski definition) is 1. The van der Waals surface area contributed by atoms with E-state index in [0.717, 1.165) is 39.3 Å². The van der Waals surface area contributed by atoms with Crippen molar-refractivity contribution in [3.63, 3.8) is 0 Å². The summed E-state index contributed by atoms with van der Waals surface area (Å²) in [7, 11) is 2.15. The summed E-state index contributed by atoms with van der Waals surface area (Å²) in [6.45, 7) is 4.82. The largest absolute Gasteiger partial charge is 0.444 e. The van der Waals surface area contributed by atoms with Gasteiger partial charge in [-0.25, -0.2) is 0 Å². The number of aryl methyl sites for hydroxylation is 1. The lowest BCUT2D eigenvalue weighted by Gasteiger charge is -2.36. The minimum absolute atomic E-state index is 0.115. The number of nitrogens with one attached hydrogen (secondary N) is 1. The lowest BCUT2D eigenvalue weighted by molar-refractivity contribution is 0.0161. The molecule has 1 unspecified atom stereocenters. The van der Waals surface area contributed by atoms with Crippen LogP contribution in [-0.4, -0.2) is 57.2 Å². The van der Waals surface area contributed by atoms with Crippen LogP contribution in [-0.2, 0) is 11.2 Å². The summed E-state index contributed by atoms with van der Waals surface area (Å²) < 4.78 is 11.5. The molecule has 6 nitrogen and oxygen atoms in total. The van der Waals surface area contributed by atoms with E-state index in [2.05, 4.69) is 56.3 Å². The van der Waals surface area contributed by atoms with Gasteiger partial charge < -0.3 is 19.4 Å². The van der Waals surface area contributed by atoms with Crippen molar-refractivity contribution in [1.82, 2.24) is 10.2 Å². The number of amides is 1. The van der Waals surface area contributed by atoms with Gasteiger partial charge in [0.1, 0.15) is 0 Å². The van der Waals surface area contributed by atoms with Crippen LogP contribution >= 0.6 is 15.9 Å². The highest BCUT2D eigenvalue weighted by Gasteiger charge is 2.25. The minimum Gasteiger partial charge on any atom is -0.444 e. The molecule has 1 N–H and O–H groups in total. The maximum Gasteiger partial charge on any atom is 0.287 e. The van der Waals surface area contributed by atoms with E-state index in [-0.39, 0.29) is 11.9 Å². The third-order valence-corrected chi connectivity index (χ3v) is 6.00.